The summed E-state index contributed by atoms with van der Waals surface area (Å²) >= 11 is 7.36. The molecule has 0 atom stereocenters. The Balaban J connectivity index is 2.15. The molecule has 118 valence electrons. The molecule has 0 radical (unpaired) electrons. The van der Waals surface area contributed by atoms with Crippen molar-refractivity contribution in [2.45, 2.75) is 18.9 Å². The molecule has 0 N–H and O–H groups in total. The van der Waals surface area contributed by atoms with Crippen molar-refractivity contribution in [1.29, 1.82) is 5.26 Å². The number of carbonyl (C=O) groups excluding carboxylic acids is 1. The number of amides is 1. The number of aromatic nitrogens is 2. The van der Waals surface area contributed by atoms with Crippen LogP contribution in [0.25, 0.3) is 0 Å². The zero-order valence-corrected chi connectivity index (χ0v) is 14.6. The van der Waals surface area contributed by atoms with Gasteiger partial charge < -0.3 is 4.90 Å². The molecule has 0 fully saturated rings. The summed E-state index contributed by atoms with van der Waals surface area (Å²) in [6, 6.07) is 5.64. The Bertz CT molecular complexity index is 774. The monoisotopic (exact) mass is 346 g/mol. The van der Waals surface area contributed by atoms with Gasteiger partial charge in [-0.25, -0.2) is 4.98 Å². The van der Waals surface area contributed by atoms with E-state index in [0.717, 1.165) is 5.69 Å². The van der Waals surface area contributed by atoms with Crippen molar-refractivity contribution in [3.05, 3.63) is 46.4 Å². The molecule has 0 unspecified atom stereocenters. The van der Waals surface area contributed by atoms with Crippen LogP contribution in [0.3, 0.4) is 0 Å². The van der Waals surface area contributed by atoms with Crippen molar-refractivity contribution in [2.24, 2.45) is 0 Å². The fraction of sp³-hybridized carbons (Fsp3) is 0.250. The van der Waals surface area contributed by atoms with Gasteiger partial charge in [-0.3, -0.25) is 9.78 Å². The molecule has 0 saturated carbocycles. The van der Waals surface area contributed by atoms with Crippen LogP contribution in [0.5, 0.6) is 0 Å². The van der Waals surface area contributed by atoms with Gasteiger partial charge in [-0.2, -0.15) is 5.26 Å². The first-order valence-electron chi connectivity index (χ1n) is 6.82. The van der Waals surface area contributed by atoms with E-state index in [1.165, 1.54) is 11.8 Å². The SMILES string of the molecule is Cc1nc(SCC(=O)N(C)c2ccncc2)c(C#N)c(C)c1Cl. The van der Waals surface area contributed by atoms with Crippen LogP contribution >= 0.6 is 23.4 Å². The van der Waals surface area contributed by atoms with Gasteiger partial charge in [0.15, 0.2) is 0 Å². The average Bonchev–Trinajstić information content (AvgIpc) is 2.57. The molecule has 2 aromatic rings. The maximum Gasteiger partial charge on any atom is 0.237 e. The lowest BCUT2D eigenvalue weighted by atomic mass is 10.1. The topological polar surface area (TPSA) is 69.9 Å². The van der Waals surface area contributed by atoms with Gasteiger partial charge in [-0.1, -0.05) is 23.4 Å². The van der Waals surface area contributed by atoms with E-state index in [1.807, 2.05) is 0 Å². The van der Waals surface area contributed by atoms with Crippen LogP contribution in [0.1, 0.15) is 16.8 Å². The zero-order chi connectivity index (χ0) is 17.0. The first kappa shape index (κ1) is 17.3. The van der Waals surface area contributed by atoms with Crippen LogP contribution in [0, 0.1) is 25.2 Å². The van der Waals surface area contributed by atoms with Gasteiger partial charge in [0, 0.05) is 25.1 Å². The van der Waals surface area contributed by atoms with Crippen molar-refractivity contribution in [3.63, 3.8) is 0 Å². The molecule has 2 heterocycles. The highest BCUT2D eigenvalue weighted by molar-refractivity contribution is 8.00. The number of rotatable bonds is 4. The van der Waals surface area contributed by atoms with Gasteiger partial charge in [-0.05, 0) is 31.5 Å². The number of nitrogens with zero attached hydrogens (tertiary/aromatic N) is 4. The Morgan fingerprint density at radius 1 is 1.39 bits per heavy atom. The molecule has 0 aliphatic heterocycles. The Morgan fingerprint density at radius 2 is 2.04 bits per heavy atom. The summed E-state index contributed by atoms with van der Waals surface area (Å²) < 4.78 is 0. The molecule has 7 heteroatoms. The van der Waals surface area contributed by atoms with Crippen LogP contribution in [-0.2, 0) is 4.79 Å². The number of pyridine rings is 2. The predicted molar refractivity (Wildman–Crippen MR) is 91.8 cm³/mol. The number of aryl methyl sites for hydroxylation is 1. The van der Waals surface area contributed by atoms with E-state index in [9.17, 15) is 10.1 Å². The van der Waals surface area contributed by atoms with E-state index in [2.05, 4.69) is 16.0 Å². The predicted octanol–water partition coefficient (Wildman–Crippen LogP) is 3.37. The summed E-state index contributed by atoms with van der Waals surface area (Å²) in [7, 11) is 1.70. The average molecular weight is 347 g/mol. The van der Waals surface area contributed by atoms with Crippen LogP contribution in [0.2, 0.25) is 5.02 Å². The number of carbonyl (C=O) groups is 1. The molecule has 0 saturated heterocycles. The summed E-state index contributed by atoms with van der Waals surface area (Å²) in [4.78, 5) is 22.1. The maximum atomic E-state index is 12.3. The van der Waals surface area contributed by atoms with Crippen molar-refractivity contribution in [1.82, 2.24) is 9.97 Å². The summed E-state index contributed by atoms with van der Waals surface area (Å²) in [5.74, 6) is 0.0956. The third kappa shape index (κ3) is 3.81. The second kappa shape index (κ2) is 7.44. The highest BCUT2D eigenvalue weighted by atomic mass is 35.5. The molecule has 0 bridgehead atoms. The molecule has 0 aliphatic carbocycles. The number of anilines is 1. The molecule has 2 aromatic heterocycles. The third-order valence-corrected chi connectivity index (χ3v) is 4.89. The minimum Gasteiger partial charge on any atom is -0.315 e. The maximum absolute atomic E-state index is 12.3. The standard InChI is InChI=1S/C16H15ClN4OS/c1-10-13(8-18)16(20-11(2)15(10)17)23-9-14(22)21(3)12-4-6-19-7-5-12/h4-7H,9H2,1-3H3. The smallest absolute Gasteiger partial charge is 0.237 e. The van der Waals surface area contributed by atoms with E-state index >= 15 is 0 Å². The molecule has 0 aliphatic rings. The van der Waals surface area contributed by atoms with E-state index in [0.29, 0.717) is 26.9 Å². The fourth-order valence-electron chi connectivity index (χ4n) is 1.97. The summed E-state index contributed by atoms with van der Waals surface area (Å²) in [5.41, 5.74) is 2.53. The first-order chi connectivity index (χ1) is 11.0. The summed E-state index contributed by atoms with van der Waals surface area (Å²) in [5, 5.41) is 10.3. The van der Waals surface area contributed by atoms with E-state index < -0.39 is 0 Å². The Labute approximate surface area is 144 Å². The van der Waals surface area contributed by atoms with Gasteiger partial charge in [0.2, 0.25) is 5.91 Å². The van der Waals surface area contributed by atoms with Crippen molar-refractivity contribution in [2.75, 3.05) is 17.7 Å². The lowest BCUT2D eigenvalue weighted by Crippen LogP contribution is -2.28. The number of thioether (sulfide) groups is 1. The van der Waals surface area contributed by atoms with Crippen LogP contribution in [-0.4, -0.2) is 28.7 Å². The van der Waals surface area contributed by atoms with Crippen LogP contribution in [0.15, 0.2) is 29.6 Å². The van der Waals surface area contributed by atoms with Crippen LogP contribution in [0.4, 0.5) is 5.69 Å². The second-order valence-corrected chi connectivity index (χ2v) is 6.22. The number of halogens is 1. The highest BCUT2D eigenvalue weighted by Crippen LogP contribution is 2.29. The van der Waals surface area contributed by atoms with Gasteiger partial charge in [-0.15, -0.1) is 0 Å². The zero-order valence-electron chi connectivity index (χ0n) is 13.0. The largest absolute Gasteiger partial charge is 0.315 e. The van der Waals surface area contributed by atoms with Crippen molar-refractivity contribution >= 4 is 35.0 Å². The lowest BCUT2D eigenvalue weighted by molar-refractivity contribution is -0.115. The third-order valence-electron chi connectivity index (χ3n) is 3.37. The lowest BCUT2D eigenvalue weighted by Gasteiger charge is -2.17. The Kier molecular flexibility index (Phi) is 5.59. The van der Waals surface area contributed by atoms with Gasteiger partial charge in [0.05, 0.1) is 22.0 Å². The minimum absolute atomic E-state index is 0.0860. The quantitative estimate of drug-likeness (QED) is 0.794. The second-order valence-electron chi connectivity index (χ2n) is 4.87. The van der Waals surface area contributed by atoms with Crippen molar-refractivity contribution in [3.8, 4) is 6.07 Å². The molecular formula is C16H15ClN4OS. The minimum atomic E-state index is -0.0860. The van der Waals surface area contributed by atoms with Crippen LogP contribution < -0.4 is 4.90 Å². The number of hydrogen-bond acceptors (Lipinski definition) is 5. The normalized spacial score (nSPS) is 10.2. The molecule has 0 spiro atoms. The Morgan fingerprint density at radius 3 is 2.65 bits per heavy atom. The van der Waals surface area contributed by atoms with E-state index in [4.69, 9.17) is 11.6 Å². The van der Waals surface area contributed by atoms with Gasteiger partial charge in [0.25, 0.3) is 0 Å². The van der Waals surface area contributed by atoms with E-state index in [-0.39, 0.29) is 11.7 Å². The first-order valence-corrected chi connectivity index (χ1v) is 8.18. The molecular weight excluding hydrogens is 332 g/mol. The number of hydrogen-bond donors (Lipinski definition) is 0. The molecule has 1 amide bonds. The van der Waals surface area contributed by atoms with Gasteiger partial charge >= 0.3 is 0 Å². The molecule has 23 heavy (non-hydrogen) atoms. The van der Waals surface area contributed by atoms with Gasteiger partial charge in [0.1, 0.15) is 11.1 Å². The summed E-state index contributed by atoms with van der Waals surface area (Å²) in [6.45, 7) is 3.57. The highest BCUT2D eigenvalue weighted by Gasteiger charge is 2.17. The molecule has 0 aromatic carbocycles. The molecule has 2 rings (SSSR count). The number of nitriles is 1. The fourth-order valence-corrected chi connectivity index (χ4v) is 3.11. The summed E-state index contributed by atoms with van der Waals surface area (Å²) in [6.07, 6.45) is 3.26. The van der Waals surface area contributed by atoms with Crippen molar-refractivity contribution < 1.29 is 4.79 Å². The molecule has 5 nitrogen and oxygen atoms in total. The van der Waals surface area contributed by atoms with E-state index in [1.54, 1.807) is 50.3 Å². The Hall–Kier alpha value is -2.10.